The van der Waals surface area contributed by atoms with Crippen molar-refractivity contribution in [2.24, 2.45) is 0 Å². The maximum absolute atomic E-state index is 11.5. The number of carbonyl (C=O) groups is 2. The number of hydrogen-bond acceptors (Lipinski definition) is 3. The van der Waals surface area contributed by atoms with Crippen molar-refractivity contribution in [2.75, 3.05) is 0 Å². The summed E-state index contributed by atoms with van der Waals surface area (Å²) < 4.78 is 4.80. The molecule has 0 saturated carbocycles. The first-order valence-electron chi connectivity index (χ1n) is 8.67. The van der Waals surface area contributed by atoms with Gasteiger partial charge in [0.1, 0.15) is 0 Å². The Labute approximate surface area is 129 Å². The highest BCUT2D eigenvalue weighted by Gasteiger charge is 2.09. The van der Waals surface area contributed by atoms with Crippen LogP contribution in [0.15, 0.2) is 12.2 Å². The Hall–Kier alpha value is -1.12. The molecule has 3 heteroatoms. The third kappa shape index (κ3) is 11.2. The van der Waals surface area contributed by atoms with E-state index in [1.165, 1.54) is 51.4 Å². The average Bonchev–Trinajstić information content (AvgIpc) is 2.46. The van der Waals surface area contributed by atoms with E-state index in [-0.39, 0.29) is 11.9 Å². The van der Waals surface area contributed by atoms with Crippen LogP contribution < -0.4 is 0 Å². The van der Waals surface area contributed by atoms with Gasteiger partial charge in [-0.1, -0.05) is 63.5 Å². The van der Waals surface area contributed by atoms with Crippen LogP contribution in [0.3, 0.4) is 0 Å². The zero-order valence-corrected chi connectivity index (χ0v) is 13.3. The van der Waals surface area contributed by atoms with Crippen LogP contribution in [-0.2, 0) is 14.3 Å². The standard InChI is InChI=1S/C18H30O3/c19-17-15-13-11-9-7-5-3-1-2-4-6-8-10-12-14-16-18(20)21-17/h9,11H,1-8,10,12-16H2/b11-9+. The number of rotatable bonds is 0. The molecule has 0 N–H and O–H groups in total. The van der Waals surface area contributed by atoms with Gasteiger partial charge in [0, 0.05) is 12.8 Å². The van der Waals surface area contributed by atoms with Crippen LogP contribution in [0.5, 0.6) is 0 Å². The molecule has 0 bridgehead atoms. The van der Waals surface area contributed by atoms with Crippen LogP contribution in [0.2, 0.25) is 0 Å². The Morgan fingerprint density at radius 3 is 1.71 bits per heavy atom. The summed E-state index contributed by atoms with van der Waals surface area (Å²) in [5, 5.41) is 0. The Bertz CT molecular complexity index is 320. The lowest BCUT2D eigenvalue weighted by Crippen LogP contribution is -2.11. The van der Waals surface area contributed by atoms with E-state index in [0.29, 0.717) is 19.3 Å². The Morgan fingerprint density at radius 2 is 1.05 bits per heavy atom. The zero-order chi connectivity index (χ0) is 15.2. The molecule has 0 radical (unpaired) electrons. The fourth-order valence-electron chi connectivity index (χ4n) is 2.61. The lowest BCUT2D eigenvalue weighted by Gasteiger charge is -2.03. The summed E-state index contributed by atoms with van der Waals surface area (Å²) in [6.07, 6.45) is 18.8. The highest BCUT2D eigenvalue weighted by Crippen LogP contribution is 2.13. The van der Waals surface area contributed by atoms with E-state index >= 15 is 0 Å². The molecule has 0 unspecified atom stereocenters. The first-order valence-corrected chi connectivity index (χ1v) is 8.67. The highest BCUT2D eigenvalue weighted by molar-refractivity contribution is 5.85. The summed E-state index contributed by atoms with van der Waals surface area (Å²) in [6.45, 7) is 0. The molecule has 0 atom stereocenters. The minimum Gasteiger partial charge on any atom is -0.393 e. The Kier molecular flexibility index (Phi) is 10.8. The van der Waals surface area contributed by atoms with E-state index in [9.17, 15) is 9.59 Å². The van der Waals surface area contributed by atoms with Crippen molar-refractivity contribution in [1.29, 1.82) is 0 Å². The van der Waals surface area contributed by atoms with Crippen molar-refractivity contribution in [2.45, 2.75) is 89.9 Å². The minimum absolute atomic E-state index is 0.308. The molecular formula is C18H30O3. The minimum atomic E-state index is -0.387. The van der Waals surface area contributed by atoms with Gasteiger partial charge < -0.3 is 4.74 Å². The molecule has 0 saturated heterocycles. The van der Waals surface area contributed by atoms with E-state index in [4.69, 9.17) is 4.74 Å². The van der Waals surface area contributed by atoms with Gasteiger partial charge in [-0.3, -0.25) is 9.59 Å². The maximum Gasteiger partial charge on any atom is 0.313 e. The quantitative estimate of drug-likeness (QED) is 0.355. The molecule has 3 nitrogen and oxygen atoms in total. The Balaban J connectivity index is 2.27. The fourth-order valence-corrected chi connectivity index (χ4v) is 2.61. The van der Waals surface area contributed by atoms with E-state index in [1.54, 1.807) is 0 Å². The van der Waals surface area contributed by atoms with Gasteiger partial charge in [-0.15, -0.1) is 0 Å². The summed E-state index contributed by atoms with van der Waals surface area (Å²) in [5.74, 6) is -0.746. The molecule has 0 aromatic rings. The Morgan fingerprint density at radius 1 is 0.571 bits per heavy atom. The van der Waals surface area contributed by atoms with Crippen LogP contribution in [-0.4, -0.2) is 11.9 Å². The van der Waals surface area contributed by atoms with Gasteiger partial charge in [0.05, 0.1) is 0 Å². The SMILES string of the molecule is O=C1CC/C=C/CCCCCCCCCCCCC(=O)O1. The number of hydrogen-bond donors (Lipinski definition) is 0. The van der Waals surface area contributed by atoms with Crippen molar-refractivity contribution in [3.8, 4) is 0 Å². The monoisotopic (exact) mass is 294 g/mol. The molecular weight excluding hydrogens is 264 g/mol. The normalized spacial score (nSPS) is 23.4. The maximum atomic E-state index is 11.5. The number of esters is 2. The molecule has 1 rings (SSSR count). The summed E-state index contributed by atoms with van der Waals surface area (Å²) in [6, 6.07) is 0. The van der Waals surface area contributed by atoms with E-state index in [2.05, 4.69) is 6.08 Å². The summed E-state index contributed by atoms with van der Waals surface area (Å²) in [5.41, 5.74) is 0. The number of ether oxygens (including phenoxy) is 1. The average molecular weight is 294 g/mol. The van der Waals surface area contributed by atoms with Crippen molar-refractivity contribution >= 4 is 11.9 Å². The molecule has 120 valence electrons. The third-order valence-corrected chi connectivity index (χ3v) is 3.91. The van der Waals surface area contributed by atoms with Crippen molar-refractivity contribution < 1.29 is 14.3 Å². The van der Waals surface area contributed by atoms with Crippen LogP contribution in [0, 0.1) is 0 Å². The number of allylic oxidation sites excluding steroid dienone is 2. The van der Waals surface area contributed by atoms with Crippen molar-refractivity contribution in [3.05, 3.63) is 12.2 Å². The van der Waals surface area contributed by atoms with Crippen LogP contribution >= 0.6 is 0 Å². The summed E-state index contributed by atoms with van der Waals surface area (Å²) in [4.78, 5) is 22.9. The molecule has 0 fully saturated rings. The largest absolute Gasteiger partial charge is 0.393 e. The first-order chi connectivity index (χ1) is 10.3. The second kappa shape index (κ2) is 12.6. The van der Waals surface area contributed by atoms with Gasteiger partial charge in [0.25, 0.3) is 0 Å². The predicted molar refractivity (Wildman–Crippen MR) is 84.9 cm³/mol. The van der Waals surface area contributed by atoms with E-state index in [1.807, 2.05) is 6.08 Å². The van der Waals surface area contributed by atoms with Gasteiger partial charge in [-0.25, -0.2) is 0 Å². The van der Waals surface area contributed by atoms with Gasteiger partial charge in [-0.05, 0) is 25.7 Å². The van der Waals surface area contributed by atoms with Gasteiger partial charge in [-0.2, -0.15) is 0 Å². The number of cyclic esters (lactones) is 2. The van der Waals surface area contributed by atoms with E-state index < -0.39 is 0 Å². The molecule has 21 heavy (non-hydrogen) atoms. The molecule has 0 aromatic carbocycles. The second-order valence-electron chi connectivity index (χ2n) is 5.93. The first kappa shape index (κ1) is 17.9. The van der Waals surface area contributed by atoms with Gasteiger partial charge in [0.15, 0.2) is 0 Å². The second-order valence-corrected chi connectivity index (χ2v) is 5.93. The lowest BCUT2D eigenvalue weighted by molar-refractivity contribution is -0.159. The van der Waals surface area contributed by atoms with Crippen LogP contribution in [0.25, 0.3) is 0 Å². The van der Waals surface area contributed by atoms with Crippen molar-refractivity contribution in [3.63, 3.8) is 0 Å². The van der Waals surface area contributed by atoms with E-state index in [0.717, 1.165) is 19.3 Å². The van der Waals surface area contributed by atoms with Crippen molar-refractivity contribution in [1.82, 2.24) is 0 Å². The molecule has 0 aliphatic carbocycles. The van der Waals surface area contributed by atoms with Crippen LogP contribution in [0.1, 0.15) is 89.9 Å². The van der Waals surface area contributed by atoms with Gasteiger partial charge >= 0.3 is 11.9 Å². The zero-order valence-electron chi connectivity index (χ0n) is 13.3. The molecule has 0 aromatic heterocycles. The molecule has 0 spiro atoms. The molecule has 0 amide bonds. The molecule has 1 heterocycles. The lowest BCUT2D eigenvalue weighted by atomic mass is 10.1. The topological polar surface area (TPSA) is 43.4 Å². The fraction of sp³-hybridized carbons (Fsp3) is 0.778. The summed E-state index contributed by atoms with van der Waals surface area (Å²) >= 11 is 0. The summed E-state index contributed by atoms with van der Waals surface area (Å²) in [7, 11) is 0. The highest BCUT2D eigenvalue weighted by atomic mass is 16.6. The third-order valence-electron chi connectivity index (χ3n) is 3.91. The smallest absolute Gasteiger partial charge is 0.313 e. The number of carbonyl (C=O) groups excluding carboxylic acids is 2. The van der Waals surface area contributed by atoms with Gasteiger partial charge in [0.2, 0.25) is 0 Å². The molecule has 1 aliphatic rings. The molecule has 1 aliphatic heterocycles. The van der Waals surface area contributed by atoms with Crippen LogP contribution in [0.4, 0.5) is 0 Å². The predicted octanol–water partition coefficient (Wildman–Crippen LogP) is 5.09.